The van der Waals surface area contributed by atoms with Gasteiger partial charge in [0.15, 0.2) is 0 Å². The van der Waals surface area contributed by atoms with Crippen LogP contribution in [0.1, 0.15) is 20.8 Å². The van der Waals surface area contributed by atoms with E-state index in [1.165, 1.54) is 0 Å². The van der Waals surface area contributed by atoms with E-state index in [1.807, 2.05) is 26.8 Å². The Morgan fingerprint density at radius 3 is 2.64 bits per heavy atom. The van der Waals surface area contributed by atoms with Gasteiger partial charge in [0.05, 0.1) is 6.04 Å². The number of urea groups is 1. The second-order valence-electron chi connectivity index (χ2n) is 6.27. The Balaban J connectivity index is 0.00000242. The van der Waals surface area contributed by atoms with Crippen LogP contribution in [0.15, 0.2) is 24.3 Å². The molecule has 3 amide bonds. The van der Waals surface area contributed by atoms with Crippen molar-refractivity contribution in [2.45, 2.75) is 26.8 Å². The van der Waals surface area contributed by atoms with Crippen molar-refractivity contribution in [3.63, 3.8) is 0 Å². The number of hydrogen-bond acceptors (Lipinski definition) is 3. The number of nitrogens with zero attached hydrogens (tertiary/aromatic N) is 1. The molecule has 1 fully saturated rings. The van der Waals surface area contributed by atoms with E-state index in [1.54, 1.807) is 23.1 Å². The van der Waals surface area contributed by atoms with E-state index in [0.717, 1.165) is 5.69 Å². The van der Waals surface area contributed by atoms with Gasteiger partial charge in [-0.05, 0) is 23.6 Å². The van der Waals surface area contributed by atoms with Gasteiger partial charge < -0.3 is 16.4 Å². The molecule has 122 valence electrons. The zero-order chi connectivity index (χ0) is 15.6. The first-order chi connectivity index (χ1) is 9.79. The summed E-state index contributed by atoms with van der Waals surface area (Å²) in [6.07, 6.45) is 0. The van der Waals surface area contributed by atoms with E-state index >= 15 is 0 Å². The molecule has 0 saturated carbocycles. The van der Waals surface area contributed by atoms with Crippen LogP contribution in [-0.4, -0.2) is 31.1 Å². The molecule has 0 bridgehead atoms. The molecule has 22 heavy (non-hydrogen) atoms. The summed E-state index contributed by atoms with van der Waals surface area (Å²) in [6, 6.07) is 6.48. The highest BCUT2D eigenvalue weighted by molar-refractivity contribution is 5.97. The maximum absolute atomic E-state index is 12.1. The number of halogens is 1. The molecule has 1 atom stereocenters. The number of nitrogens with two attached hydrogens (primary N) is 1. The topological polar surface area (TPSA) is 87.5 Å². The van der Waals surface area contributed by atoms with Crippen molar-refractivity contribution in [2.75, 3.05) is 23.3 Å². The molecule has 0 aliphatic carbocycles. The van der Waals surface area contributed by atoms with Crippen LogP contribution >= 0.6 is 12.4 Å². The van der Waals surface area contributed by atoms with E-state index in [2.05, 4.69) is 10.6 Å². The summed E-state index contributed by atoms with van der Waals surface area (Å²) in [5.74, 6) is -0.231. The number of carbonyl (C=O) groups is 2. The maximum atomic E-state index is 12.1. The third-order valence-corrected chi connectivity index (χ3v) is 3.50. The van der Waals surface area contributed by atoms with Gasteiger partial charge in [-0.1, -0.05) is 26.8 Å². The van der Waals surface area contributed by atoms with Crippen molar-refractivity contribution >= 4 is 35.7 Å². The molecule has 0 unspecified atom stereocenters. The molecule has 1 aliphatic heterocycles. The molecule has 1 aromatic carbocycles. The van der Waals surface area contributed by atoms with Crippen LogP contribution in [0.3, 0.4) is 0 Å². The molecule has 1 aromatic rings. The van der Waals surface area contributed by atoms with E-state index in [4.69, 9.17) is 5.73 Å². The standard InChI is InChI=1S/C15H22N4O2.ClH/c1-15(2,3)12(16)13(20)18-10-5-4-6-11(9-10)19-8-7-17-14(19)21;/h4-6,9,12H,7-8,16H2,1-3H3,(H,17,21)(H,18,20);1H/t12-;/m1./s1. The van der Waals surface area contributed by atoms with E-state index in [-0.39, 0.29) is 29.8 Å². The number of hydrogen-bond donors (Lipinski definition) is 3. The van der Waals surface area contributed by atoms with Crippen LogP contribution in [0, 0.1) is 5.41 Å². The first-order valence-electron chi connectivity index (χ1n) is 7.01. The summed E-state index contributed by atoms with van der Waals surface area (Å²) in [6.45, 7) is 7.01. The average molecular weight is 327 g/mol. The summed E-state index contributed by atoms with van der Waals surface area (Å²) in [5.41, 5.74) is 7.02. The molecule has 6 nitrogen and oxygen atoms in total. The first-order valence-corrected chi connectivity index (χ1v) is 7.01. The SMILES string of the molecule is CC(C)(C)[C@H](N)C(=O)Nc1cccc(N2CCNC2=O)c1.Cl. The molecule has 1 aliphatic rings. The highest BCUT2D eigenvalue weighted by atomic mass is 35.5. The fraction of sp³-hybridized carbons (Fsp3) is 0.467. The van der Waals surface area contributed by atoms with Crippen LogP contribution < -0.4 is 21.3 Å². The fourth-order valence-electron chi connectivity index (χ4n) is 2.08. The molecule has 4 N–H and O–H groups in total. The average Bonchev–Trinajstić information content (AvgIpc) is 2.83. The predicted octanol–water partition coefficient (Wildman–Crippen LogP) is 1.95. The van der Waals surface area contributed by atoms with Crippen molar-refractivity contribution in [1.82, 2.24) is 5.32 Å². The number of benzene rings is 1. The minimum atomic E-state index is -0.601. The summed E-state index contributed by atoms with van der Waals surface area (Å²) >= 11 is 0. The Bertz CT molecular complexity index is 557. The van der Waals surface area contributed by atoms with Gasteiger partial charge in [0.2, 0.25) is 5.91 Å². The second kappa shape index (κ2) is 6.98. The van der Waals surface area contributed by atoms with Crippen LogP contribution in [0.4, 0.5) is 16.2 Å². The Hall–Kier alpha value is -1.79. The fourth-order valence-corrected chi connectivity index (χ4v) is 2.08. The van der Waals surface area contributed by atoms with Crippen molar-refractivity contribution < 1.29 is 9.59 Å². The summed E-state index contributed by atoms with van der Waals surface area (Å²) in [5, 5.41) is 5.55. The number of carbonyl (C=O) groups excluding carboxylic acids is 2. The number of anilines is 2. The van der Waals surface area contributed by atoms with Gasteiger partial charge in [0.25, 0.3) is 0 Å². The number of nitrogens with one attached hydrogen (secondary N) is 2. The van der Waals surface area contributed by atoms with Gasteiger partial charge in [-0.15, -0.1) is 12.4 Å². The minimum Gasteiger partial charge on any atom is -0.336 e. The zero-order valence-corrected chi connectivity index (χ0v) is 13.9. The zero-order valence-electron chi connectivity index (χ0n) is 13.1. The Kier molecular flexibility index (Phi) is 5.79. The van der Waals surface area contributed by atoms with Crippen molar-refractivity contribution in [2.24, 2.45) is 11.1 Å². The molecular weight excluding hydrogens is 304 g/mol. The Labute approximate surface area is 136 Å². The van der Waals surface area contributed by atoms with Gasteiger partial charge in [0, 0.05) is 24.5 Å². The van der Waals surface area contributed by atoms with Gasteiger partial charge in [-0.2, -0.15) is 0 Å². The van der Waals surface area contributed by atoms with Crippen molar-refractivity contribution in [3.8, 4) is 0 Å². The number of rotatable bonds is 3. The smallest absolute Gasteiger partial charge is 0.321 e. The first kappa shape index (κ1) is 18.3. The van der Waals surface area contributed by atoms with Crippen molar-refractivity contribution in [1.29, 1.82) is 0 Å². The molecule has 1 saturated heterocycles. The summed E-state index contributed by atoms with van der Waals surface area (Å²) in [4.78, 5) is 25.4. The van der Waals surface area contributed by atoms with Crippen molar-refractivity contribution in [3.05, 3.63) is 24.3 Å². The maximum Gasteiger partial charge on any atom is 0.321 e. The van der Waals surface area contributed by atoms with E-state index in [0.29, 0.717) is 18.8 Å². The minimum absolute atomic E-state index is 0. The summed E-state index contributed by atoms with van der Waals surface area (Å²) < 4.78 is 0. The third-order valence-electron chi connectivity index (χ3n) is 3.50. The highest BCUT2D eigenvalue weighted by Crippen LogP contribution is 2.23. The lowest BCUT2D eigenvalue weighted by atomic mass is 9.87. The summed E-state index contributed by atoms with van der Waals surface area (Å²) in [7, 11) is 0. The quantitative estimate of drug-likeness (QED) is 0.793. The third kappa shape index (κ3) is 4.11. The van der Waals surface area contributed by atoms with Gasteiger partial charge in [0.1, 0.15) is 0 Å². The predicted molar refractivity (Wildman–Crippen MR) is 90.5 cm³/mol. The second-order valence-corrected chi connectivity index (χ2v) is 6.27. The van der Waals surface area contributed by atoms with Crippen LogP contribution in [0.2, 0.25) is 0 Å². The van der Waals surface area contributed by atoms with E-state index in [9.17, 15) is 9.59 Å². The molecule has 7 heteroatoms. The largest absolute Gasteiger partial charge is 0.336 e. The normalized spacial score (nSPS) is 15.8. The van der Waals surface area contributed by atoms with Gasteiger partial charge in [-0.25, -0.2) is 4.79 Å². The molecule has 0 aromatic heterocycles. The lowest BCUT2D eigenvalue weighted by Crippen LogP contribution is -2.45. The van der Waals surface area contributed by atoms with E-state index < -0.39 is 6.04 Å². The highest BCUT2D eigenvalue weighted by Gasteiger charge is 2.27. The molecule has 0 radical (unpaired) electrons. The van der Waals surface area contributed by atoms with Crippen LogP contribution in [0.25, 0.3) is 0 Å². The molecule has 1 heterocycles. The van der Waals surface area contributed by atoms with Gasteiger partial charge >= 0.3 is 6.03 Å². The Morgan fingerprint density at radius 1 is 1.41 bits per heavy atom. The van der Waals surface area contributed by atoms with Gasteiger partial charge in [-0.3, -0.25) is 9.69 Å². The Morgan fingerprint density at radius 2 is 2.09 bits per heavy atom. The molecule has 2 rings (SSSR count). The number of amides is 3. The lowest BCUT2D eigenvalue weighted by Gasteiger charge is -2.26. The molecule has 0 spiro atoms. The monoisotopic (exact) mass is 326 g/mol. The van der Waals surface area contributed by atoms with Crippen LogP contribution in [-0.2, 0) is 4.79 Å². The van der Waals surface area contributed by atoms with Crippen LogP contribution in [0.5, 0.6) is 0 Å². The molecular formula is C15H23ClN4O2. The lowest BCUT2D eigenvalue weighted by molar-refractivity contribution is -0.119.